The number of hydrogen-bond donors (Lipinski definition) is 2. The number of carbonyl (C=O) groups excluding carboxylic acids is 1. The molecule has 0 bridgehead atoms. The number of aromatic nitrogens is 8. The van der Waals surface area contributed by atoms with E-state index in [0.29, 0.717) is 5.69 Å². The van der Waals surface area contributed by atoms with Gasteiger partial charge in [-0.15, -0.1) is 15.3 Å². The Morgan fingerprint density at radius 1 is 1.26 bits per heavy atom. The number of amides is 1. The summed E-state index contributed by atoms with van der Waals surface area (Å²) in [5.74, 6) is -0.464. The number of benzene rings is 1. The normalized spacial score (nSPS) is 10.3. The molecule has 0 unspecified atom stereocenters. The van der Waals surface area contributed by atoms with Crippen molar-refractivity contribution in [3.63, 3.8) is 0 Å². The molecule has 0 radical (unpaired) electrons. The molecule has 1 amide bonds. The first kappa shape index (κ1) is 11.0. The third-order valence-electron chi connectivity index (χ3n) is 2.29. The molecule has 2 heterocycles. The van der Waals surface area contributed by atoms with Gasteiger partial charge < -0.3 is 5.32 Å². The van der Waals surface area contributed by atoms with Crippen LogP contribution in [0.2, 0.25) is 0 Å². The molecule has 0 aliphatic carbocycles. The van der Waals surface area contributed by atoms with Gasteiger partial charge in [-0.25, -0.2) is 4.68 Å². The van der Waals surface area contributed by atoms with Crippen LogP contribution in [0, 0.1) is 0 Å². The van der Waals surface area contributed by atoms with Gasteiger partial charge in [0.25, 0.3) is 11.7 Å². The number of aromatic amines is 1. The van der Waals surface area contributed by atoms with Crippen LogP contribution in [0.3, 0.4) is 0 Å². The maximum atomic E-state index is 11.7. The van der Waals surface area contributed by atoms with E-state index in [2.05, 4.69) is 41.5 Å². The van der Waals surface area contributed by atoms with Crippen molar-refractivity contribution in [1.29, 1.82) is 0 Å². The van der Waals surface area contributed by atoms with Crippen molar-refractivity contribution in [2.75, 3.05) is 5.32 Å². The molecule has 0 spiro atoms. The lowest BCUT2D eigenvalue weighted by atomic mass is 10.3. The fraction of sp³-hybridized carbons (Fsp3) is 0. The van der Waals surface area contributed by atoms with Crippen LogP contribution < -0.4 is 5.32 Å². The van der Waals surface area contributed by atoms with Gasteiger partial charge in [0.1, 0.15) is 6.33 Å². The number of hydrogen-bond acceptors (Lipinski definition) is 7. The second-order valence-corrected chi connectivity index (χ2v) is 3.49. The highest BCUT2D eigenvalue weighted by atomic mass is 16.2. The molecule has 0 fully saturated rings. The summed E-state index contributed by atoms with van der Waals surface area (Å²) < 4.78 is 1.50. The topological polar surface area (TPSA) is 127 Å². The quantitative estimate of drug-likeness (QED) is 0.642. The average molecular weight is 257 g/mol. The summed E-state index contributed by atoms with van der Waals surface area (Å²) in [7, 11) is 0. The molecule has 3 rings (SSSR count). The molecule has 0 aliphatic heterocycles. The van der Waals surface area contributed by atoms with Gasteiger partial charge in [-0.3, -0.25) is 4.79 Å². The van der Waals surface area contributed by atoms with Gasteiger partial charge in [-0.2, -0.15) is 5.21 Å². The zero-order valence-corrected chi connectivity index (χ0v) is 9.43. The van der Waals surface area contributed by atoms with E-state index < -0.39 is 5.91 Å². The predicted octanol–water partition coefficient (Wildman–Crippen LogP) is -0.572. The van der Waals surface area contributed by atoms with Gasteiger partial charge in [0, 0.05) is 5.69 Å². The summed E-state index contributed by atoms with van der Waals surface area (Å²) in [5, 5.41) is 26.1. The van der Waals surface area contributed by atoms with E-state index in [-0.39, 0.29) is 5.82 Å². The zero-order chi connectivity index (χ0) is 13.1. The molecule has 3 aromatic rings. The van der Waals surface area contributed by atoms with Crippen LogP contribution in [-0.4, -0.2) is 46.7 Å². The van der Waals surface area contributed by atoms with Gasteiger partial charge in [-0.1, -0.05) is 0 Å². The van der Waals surface area contributed by atoms with E-state index in [0.717, 1.165) is 5.69 Å². The Bertz CT molecular complexity index is 658. The second-order valence-electron chi connectivity index (χ2n) is 3.49. The van der Waals surface area contributed by atoms with Gasteiger partial charge in [0.15, 0.2) is 0 Å². The van der Waals surface area contributed by atoms with Crippen LogP contribution in [0.1, 0.15) is 10.6 Å². The molecule has 1 aromatic carbocycles. The van der Waals surface area contributed by atoms with Crippen molar-refractivity contribution in [3.8, 4) is 5.69 Å². The minimum atomic E-state index is -0.441. The summed E-state index contributed by atoms with van der Waals surface area (Å²) in [5.41, 5.74) is 1.38. The molecular formula is C9H7N9O. The minimum absolute atomic E-state index is 0.0236. The second kappa shape index (κ2) is 4.60. The Kier molecular flexibility index (Phi) is 2.65. The van der Waals surface area contributed by atoms with E-state index in [1.807, 2.05) is 0 Å². The average Bonchev–Trinajstić information content (AvgIpc) is 3.13. The van der Waals surface area contributed by atoms with Crippen molar-refractivity contribution < 1.29 is 4.79 Å². The third-order valence-corrected chi connectivity index (χ3v) is 2.29. The van der Waals surface area contributed by atoms with Gasteiger partial charge >= 0.3 is 0 Å². The van der Waals surface area contributed by atoms with Gasteiger partial charge in [0.05, 0.1) is 5.69 Å². The molecule has 19 heavy (non-hydrogen) atoms. The van der Waals surface area contributed by atoms with Crippen molar-refractivity contribution in [1.82, 2.24) is 40.8 Å². The molecule has 10 nitrogen and oxygen atoms in total. The number of carbonyl (C=O) groups is 1. The third kappa shape index (κ3) is 2.26. The predicted molar refractivity (Wildman–Crippen MR) is 61.3 cm³/mol. The molecular weight excluding hydrogens is 250 g/mol. The van der Waals surface area contributed by atoms with Gasteiger partial charge in [0.2, 0.25) is 0 Å². The Morgan fingerprint density at radius 3 is 2.74 bits per heavy atom. The van der Waals surface area contributed by atoms with E-state index in [1.165, 1.54) is 11.0 Å². The minimum Gasteiger partial charge on any atom is -0.319 e. The van der Waals surface area contributed by atoms with E-state index in [4.69, 9.17) is 0 Å². The largest absolute Gasteiger partial charge is 0.319 e. The fourth-order valence-electron chi connectivity index (χ4n) is 1.42. The Labute approximate surface area is 105 Å². The molecule has 2 aromatic heterocycles. The molecule has 94 valence electrons. The monoisotopic (exact) mass is 257 g/mol. The van der Waals surface area contributed by atoms with E-state index in [9.17, 15) is 4.79 Å². The lowest BCUT2D eigenvalue weighted by Crippen LogP contribution is -2.13. The number of H-pyrrole nitrogens is 1. The van der Waals surface area contributed by atoms with Crippen LogP contribution >= 0.6 is 0 Å². The number of nitrogens with one attached hydrogen (secondary N) is 2. The Hall–Kier alpha value is -3.17. The van der Waals surface area contributed by atoms with Crippen LogP contribution in [0.4, 0.5) is 5.69 Å². The van der Waals surface area contributed by atoms with Crippen molar-refractivity contribution in [3.05, 3.63) is 36.4 Å². The lowest BCUT2D eigenvalue weighted by molar-refractivity contribution is 0.101. The van der Waals surface area contributed by atoms with Crippen LogP contribution in [0.25, 0.3) is 5.69 Å². The SMILES string of the molecule is O=C(Nc1ccc(-n2cnnn2)cc1)c1nn[nH]n1. The Morgan fingerprint density at radius 2 is 2.11 bits per heavy atom. The smallest absolute Gasteiger partial charge is 0.297 e. The first-order valence-electron chi connectivity index (χ1n) is 5.21. The number of anilines is 1. The van der Waals surface area contributed by atoms with Crippen molar-refractivity contribution in [2.45, 2.75) is 0 Å². The van der Waals surface area contributed by atoms with Crippen LogP contribution in [-0.2, 0) is 0 Å². The summed E-state index contributed by atoms with van der Waals surface area (Å²) in [6.45, 7) is 0. The maximum Gasteiger partial charge on any atom is 0.297 e. The van der Waals surface area contributed by atoms with Crippen molar-refractivity contribution >= 4 is 11.6 Å². The van der Waals surface area contributed by atoms with E-state index >= 15 is 0 Å². The first-order valence-corrected chi connectivity index (χ1v) is 5.21. The standard InChI is InChI=1S/C9H7N9O/c19-9(8-12-15-16-13-8)11-6-1-3-7(4-2-6)18-5-10-14-17-18/h1-5H,(H,11,19)(H,12,13,15,16). The fourth-order valence-corrected chi connectivity index (χ4v) is 1.42. The number of rotatable bonds is 3. The molecule has 10 heteroatoms. The summed E-state index contributed by atoms with van der Waals surface area (Å²) in [4.78, 5) is 11.7. The lowest BCUT2D eigenvalue weighted by Gasteiger charge is -2.03. The molecule has 0 saturated heterocycles. The highest BCUT2D eigenvalue weighted by molar-refractivity contribution is 6.01. The summed E-state index contributed by atoms with van der Waals surface area (Å²) >= 11 is 0. The number of nitrogens with zero attached hydrogens (tertiary/aromatic N) is 7. The summed E-state index contributed by atoms with van der Waals surface area (Å²) in [6, 6.07) is 6.97. The van der Waals surface area contributed by atoms with E-state index in [1.54, 1.807) is 24.3 Å². The van der Waals surface area contributed by atoms with Gasteiger partial charge in [-0.05, 0) is 39.9 Å². The van der Waals surface area contributed by atoms with Crippen molar-refractivity contribution in [2.24, 2.45) is 0 Å². The highest BCUT2D eigenvalue weighted by Gasteiger charge is 2.10. The molecule has 0 aliphatic rings. The number of tetrazole rings is 2. The van der Waals surface area contributed by atoms with Crippen LogP contribution in [0.15, 0.2) is 30.6 Å². The zero-order valence-electron chi connectivity index (χ0n) is 9.43. The first-order chi connectivity index (χ1) is 9.33. The molecule has 0 saturated carbocycles. The van der Waals surface area contributed by atoms with Crippen LogP contribution in [0.5, 0.6) is 0 Å². The maximum absolute atomic E-state index is 11.7. The molecule has 0 atom stereocenters. The molecule has 2 N–H and O–H groups in total. The highest BCUT2D eigenvalue weighted by Crippen LogP contribution is 2.12. The Balaban J connectivity index is 1.75. The summed E-state index contributed by atoms with van der Waals surface area (Å²) in [6.07, 6.45) is 1.48.